The average molecular weight is 1400 g/mol. The standard InChI is InChI=1S/C39H56N2O7.C33H53NO6.C6H4ClNO.ClH/c1-7-8-9-10-11-12-13-14-15-16-17-18-19-20-21-22-23-26-33(42)46-31-39(5,6)35(47-37(45)32-25-24-28-40-30-32)36(44)41-29-27-34(43)48-38(2,3)4;1-7-8-9-10-11-12-13-14-15-16-17-18-19-20-21-22-23-24-28(35)39-27-33(5,6)30(37)31(38)34-26-25-29(36)40-32(2,3)4;7-6(9)5-2-1-3-8-4-5;/h8-9,11-12,14-15,17-18,20-21,24-25,28,30,35H,7,10,13,16,19,22-23,26-27,29,31H2,1-6H3,(H,41,44);8-9,11-12,14-15,17-18,20-21,30,37H,7,10,13,16,19,22-27H2,1-6H3,(H,34,38);1-4H;1H/b2*9-8-,12-11-,15-14-,18-17-,21-20-;;/t35-;30-;;/m00../s1. The molecule has 0 aromatic carbocycles. The topological polar surface area (TPSA) is 253 Å². The summed E-state index contributed by atoms with van der Waals surface area (Å²) in [6.45, 7) is 21.3. The normalized spacial score (nSPS) is 12.8. The lowest BCUT2D eigenvalue weighted by Gasteiger charge is -2.32. The average Bonchev–Trinajstić information content (AvgIpc) is 0.854. The number of aliphatic hydroxyl groups excluding tert-OH is 1. The largest absolute Gasteiger partial charge is 0.465 e. The molecule has 0 unspecified atom stereocenters. The van der Waals surface area contributed by atoms with Crippen molar-refractivity contribution in [1.82, 2.24) is 20.6 Å². The zero-order chi connectivity index (χ0) is 72.6. The summed E-state index contributed by atoms with van der Waals surface area (Å²) in [5, 5.41) is 15.1. The van der Waals surface area contributed by atoms with E-state index in [1.165, 1.54) is 24.7 Å². The Morgan fingerprint density at radius 2 is 0.806 bits per heavy atom. The number of esters is 5. The van der Waals surface area contributed by atoms with Gasteiger partial charge in [-0.3, -0.25) is 43.5 Å². The predicted molar refractivity (Wildman–Crippen MR) is 394 cm³/mol. The molecule has 0 fully saturated rings. The molecule has 544 valence electrons. The molecule has 2 aromatic rings. The summed E-state index contributed by atoms with van der Waals surface area (Å²) < 4.78 is 26.9. The van der Waals surface area contributed by atoms with Crippen molar-refractivity contribution in [3.8, 4) is 0 Å². The molecule has 0 saturated heterocycles. The van der Waals surface area contributed by atoms with Gasteiger partial charge in [-0.15, -0.1) is 12.4 Å². The fourth-order valence-corrected chi connectivity index (χ4v) is 8.02. The van der Waals surface area contributed by atoms with E-state index >= 15 is 0 Å². The number of nitrogens with zero attached hydrogens (tertiary/aromatic N) is 2. The molecule has 0 spiro atoms. The van der Waals surface area contributed by atoms with Gasteiger partial charge in [-0.2, -0.15) is 0 Å². The molecule has 0 saturated carbocycles. The molecule has 2 heterocycles. The molecule has 0 aliphatic rings. The van der Waals surface area contributed by atoms with E-state index in [0.717, 1.165) is 77.0 Å². The quantitative estimate of drug-likeness (QED) is 0.0183. The molecule has 0 aliphatic carbocycles. The molecule has 18 nitrogen and oxygen atoms in total. The van der Waals surface area contributed by atoms with Gasteiger partial charge in [0.1, 0.15) is 23.9 Å². The molecule has 0 bridgehead atoms. The van der Waals surface area contributed by atoms with Crippen LogP contribution in [-0.2, 0) is 52.5 Å². The van der Waals surface area contributed by atoms with Crippen molar-refractivity contribution in [2.24, 2.45) is 10.8 Å². The third kappa shape index (κ3) is 53.3. The van der Waals surface area contributed by atoms with Crippen LogP contribution in [0.25, 0.3) is 0 Å². The van der Waals surface area contributed by atoms with Gasteiger partial charge in [0.05, 0.1) is 30.6 Å². The number of nitrogens with one attached hydrogen (secondary N) is 2. The Morgan fingerprint density at radius 1 is 0.469 bits per heavy atom. The van der Waals surface area contributed by atoms with Crippen molar-refractivity contribution in [3.05, 3.63) is 182 Å². The van der Waals surface area contributed by atoms with Crippen LogP contribution in [0.5, 0.6) is 0 Å². The van der Waals surface area contributed by atoms with E-state index in [1.807, 2.05) is 6.08 Å². The molecule has 2 aromatic heterocycles. The van der Waals surface area contributed by atoms with E-state index in [9.17, 15) is 43.5 Å². The monoisotopic (exact) mass is 1400 g/mol. The fraction of sp³-hybridized carbons (Fsp3) is 0.513. The van der Waals surface area contributed by atoms with Crippen LogP contribution < -0.4 is 10.6 Å². The Bertz CT molecular complexity index is 2900. The number of halogens is 2. The van der Waals surface area contributed by atoms with E-state index in [1.54, 1.807) is 93.6 Å². The lowest BCUT2D eigenvalue weighted by atomic mass is 9.86. The fourth-order valence-electron chi connectivity index (χ4n) is 7.91. The van der Waals surface area contributed by atoms with E-state index in [2.05, 4.69) is 150 Å². The number of aromatic nitrogens is 2. The number of rotatable bonds is 43. The van der Waals surface area contributed by atoms with Gasteiger partial charge in [-0.1, -0.05) is 163 Å². The Hall–Kier alpha value is -7.80. The van der Waals surface area contributed by atoms with Crippen LogP contribution in [0.1, 0.15) is 219 Å². The van der Waals surface area contributed by atoms with E-state index in [-0.39, 0.29) is 75.9 Å². The molecule has 0 radical (unpaired) electrons. The lowest BCUT2D eigenvalue weighted by molar-refractivity contribution is -0.156. The zero-order valence-electron chi connectivity index (χ0n) is 60.3. The van der Waals surface area contributed by atoms with Crippen LogP contribution in [-0.4, -0.2) is 112 Å². The highest BCUT2D eigenvalue weighted by Gasteiger charge is 2.40. The minimum atomic E-state index is -1.39. The second-order valence-electron chi connectivity index (χ2n) is 25.7. The van der Waals surface area contributed by atoms with Crippen molar-refractivity contribution >= 4 is 70.9 Å². The number of aliphatic hydroxyl groups is 1. The number of ether oxygens (including phenoxy) is 5. The molecule has 20 heteroatoms. The summed E-state index contributed by atoms with van der Waals surface area (Å²) >= 11 is 5.12. The van der Waals surface area contributed by atoms with E-state index < -0.39 is 75.2 Å². The van der Waals surface area contributed by atoms with Crippen LogP contribution in [0.4, 0.5) is 0 Å². The number of amides is 2. The zero-order valence-corrected chi connectivity index (χ0v) is 61.9. The van der Waals surface area contributed by atoms with Gasteiger partial charge >= 0.3 is 29.8 Å². The Labute approximate surface area is 596 Å². The minimum absolute atomic E-state index is 0. The van der Waals surface area contributed by atoms with Gasteiger partial charge in [0, 0.05) is 61.5 Å². The summed E-state index contributed by atoms with van der Waals surface area (Å²) in [6.07, 6.45) is 58.8. The molecule has 98 heavy (non-hydrogen) atoms. The van der Waals surface area contributed by atoms with Crippen molar-refractivity contribution < 1.29 is 67.1 Å². The molecule has 2 rings (SSSR count). The molecule has 3 N–H and O–H groups in total. The van der Waals surface area contributed by atoms with E-state index in [4.69, 9.17) is 35.3 Å². The van der Waals surface area contributed by atoms with Gasteiger partial charge in [0.25, 0.3) is 11.1 Å². The number of allylic oxidation sites excluding steroid dienone is 20. The maximum absolute atomic E-state index is 13.2. The summed E-state index contributed by atoms with van der Waals surface area (Å²) in [4.78, 5) is 105. The second kappa shape index (κ2) is 56.1. The first-order chi connectivity index (χ1) is 46.0. The number of hydrogen-bond donors (Lipinski definition) is 3. The van der Waals surface area contributed by atoms with E-state index in [0.29, 0.717) is 18.4 Å². The van der Waals surface area contributed by atoms with Crippen molar-refractivity contribution in [2.75, 3.05) is 26.3 Å². The second-order valence-corrected chi connectivity index (χ2v) is 26.0. The van der Waals surface area contributed by atoms with Gasteiger partial charge in [0.15, 0.2) is 6.10 Å². The predicted octanol–water partition coefficient (Wildman–Crippen LogP) is 16.5. The smallest absolute Gasteiger partial charge is 0.340 e. The molecule has 0 aliphatic heterocycles. The molecular weight excluding hydrogens is 1290 g/mol. The van der Waals surface area contributed by atoms with Crippen LogP contribution in [0, 0.1) is 10.8 Å². The Morgan fingerprint density at radius 3 is 1.13 bits per heavy atom. The highest BCUT2D eigenvalue weighted by molar-refractivity contribution is 6.67. The van der Waals surface area contributed by atoms with Crippen LogP contribution >= 0.6 is 24.0 Å². The Kier molecular flexibility index (Phi) is 52.8. The lowest BCUT2D eigenvalue weighted by Crippen LogP contribution is -2.49. The Balaban J connectivity index is 0. The van der Waals surface area contributed by atoms with Crippen LogP contribution in [0.3, 0.4) is 0 Å². The van der Waals surface area contributed by atoms with Gasteiger partial charge in [-0.25, -0.2) is 4.79 Å². The highest BCUT2D eigenvalue weighted by Crippen LogP contribution is 2.27. The minimum Gasteiger partial charge on any atom is -0.465 e. The summed E-state index contributed by atoms with van der Waals surface area (Å²) in [5.74, 6) is -3.65. The molecule has 2 atom stereocenters. The van der Waals surface area contributed by atoms with Crippen LogP contribution in [0.2, 0.25) is 0 Å². The maximum atomic E-state index is 13.2. The van der Waals surface area contributed by atoms with Crippen molar-refractivity contribution in [3.63, 3.8) is 0 Å². The van der Waals surface area contributed by atoms with Crippen molar-refractivity contribution in [2.45, 2.75) is 222 Å². The summed E-state index contributed by atoms with van der Waals surface area (Å²) in [7, 11) is 0. The highest BCUT2D eigenvalue weighted by atomic mass is 35.5. The van der Waals surface area contributed by atoms with Gasteiger partial charge in [0.2, 0.25) is 5.91 Å². The number of unbranched alkanes of at least 4 members (excludes halogenated alkanes) is 2. The first-order valence-corrected chi connectivity index (χ1v) is 34.1. The number of carbonyl (C=O) groups excluding carboxylic acids is 8. The molecular formula is C78H114Cl2N4O14. The maximum Gasteiger partial charge on any atom is 0.340 e. The third-order valence-corrected chi connectivity index (χ3v) is 13.3. The number of carbonyl (C=O) groups is 8. The number of hydrogen-bond acceptors (Lipinski definition) is 16. The van der Waals surface area contributed by atoms with Crippen LogP contribution in [0.15, 0.2) is 171 Å². The van der Waals surface area contributed by atoms with Gasteiger partial charge < -0.3 is 39.4 Å². The third-order valence-electron chi connectivity index (χ3n) is 13.1. The summed E-state index contributed by atoms with van der Waals surface area (Å²) in [5.41, 5.74) is -2.69. The SMILES string of the molecule is CC/C=C\C/C=C\C/C=C\C/C=C\C/C=C\CCCC(=O)OCC(C)(C)[C@@H](O)C(=O)NCCC(=O)OC(C)(C)C.CC/C=C\C/C=C\C/C=C\C/C=C\C/C=C\CCCC(=O)OCC(C)(C)[C@@H](OC(=O)c1cccnc1)C(=O)NCCC(=O)OC(C)(C)C.Cl.O=C(Cl)c1cccnc1. The summed E-state index contributed by atoms with van der Waals surface area (Å²) in [6, 6.07) is 6.38. The van der Waals surface area contributed by atoms with Gasteiger partial charge in [-0.05, 0) is 167 Å². The first kappa shape index (κ1) is 92.3. The molecule has 2 amide bonds. The van der Waals surface area contributed by atoms with Crippen molar-refractivity contribution in [1.29, 1.82) is 0 Å². The first-order valence-electron chi connectivity index (χ1n) is 33.7. The number of pyridine rings is 2.